The van der Waals surface area contributed by atoms with Crippen molar-refractivity contribution in [2.75, 3.05) is 13.1 Å². The molecule has 1 aromatic carbocycles. The van der Waals surface area contributed by atoms with Crippen molar-refractivity contribution in [3.63, 3.8) is 0 Å². The Morgan fingerprint density at radius 1 is 1.14 bits per heavy atom. The van der Waals surface area contributed by atoms with Crippen molar-refractivity contribution in [3.8, 4) is 0 Å². The molecular formula is C15H14N2O5. The molecule has 2 aliphatic rings. The second-order valence-electron chi connectivity index (χ2n) is 5.60. The van der Waals surface area contributed by atoms with Crippen LogP contribution in [0.5, 0.6) is 0 Å². The summed E-state index contributed by atoms with van der Waals surface area (Å²) in [5.74, 6) is -2.49. The number of carbonyl (C=O) groups excluding carboxylic acids is 3. The molecule has 3 amide bonds. The van der Waals surface area contributed by atoms with Gasteiger partial charge in [-0.05, 0) is 25.0 Å². The smallest absolute Gasteiger partial charge is 0.311 e. The molecule has 1 aliphatic carbocycles. The van der Waals surface area contributed by atoms with Gasteiger partial charge in [-0.1, -0.05) is 12.1 Å². The summed E-state index contributed by atoms with van der Waals surface area (Å²) in [6.45, 7) is -0.383. The van der Waals surface area contributed by atoms with Gasteiger partial charge in [-0.3, -0.25) is 24.1 Å². The predicted octanol–water partition coefficient (Wildman–Crippen LogP) is 0.264. The minimum atomic E-state index is -0.937. The molecular weight excluding hydrogens is 288 g/mol. The Morgan fingerprint density at radius 3 is 2.14 bits per heavy atom. The number of benzene rings is 1. The lowest BCUT2D eigenvalue weighted by atomic mass is 10.1. The van der Waals surface area contributed by atoms with Crippen LogP contribution in [0.1, 0.15) is 33.6 Å². The van der Waals surface area contributed by atoms with E-state index < -0.39 is 35.7 Å². The molecule has 0 saturated heterocycles. The summed E-state index contributed by atoms with van der Waals surface area (Å²) in [5, 5.41) is 11.5. The molecule has 2 N–H and O–H groups in total. The van der Waals surface area contributed by atoms with Crippen molar-refractivity contribution in [2.24, 2.45) is 5.41 Å². The van der Waals surface area contributed by atoms with Crippen LogP contribution in [-0.2, 0) is 9.59 Å². The first-order valence-corrected chi connectivity index (χ1v) is 6.90. The maximum Gasteiger partial charge on any atom is 0.311 e. The van der Waals surface area contributed by atoms with E-state index in [2.05, 4.69) is 5.32 Å². The molecule has 1 saturated carbocycles. The average molecular weight is 302 g/mol. The van der Waals surface area contributed by atoms with Crippen LogP contribution in [0.25, 0.3) is 0 Å². The molecule has 0 bridgehead atoms. The summed E-state index contributed by atoms with van der Waals surface area (Å²) in [6.07, 6.45) is 1.05. The molecule has 1 aliphatic heterocycles. The third kappa shape index (κ3) is 2.24. The van der Waals surface area contributed by atoms with Gasteiger partial charge in [-0.2, -0.15) is 0 Å². The first-order chi connectivity index (χ1) is 10.4. The van der Waals surface area contributed by atoms with E-state index in [1.54, 1.807) is 12.1 Å². The Bertz CT molecular complexity index is 658. The number of hydrogen-bond acceptors (Lipinski definition) is 4. The van der Waals surface area contributed by atoms with Gasteiger partial charge in [0, 0.05) is 6.54 Å². The number of imide groups is 1. The molecule has 0 aromatic heterocycles. The normalized spacial score (nSPS) is 18.1. The van der Waals surface area contributed by atoms with Crippen LogP contribution in [0, 0.1) is 5.41 Å². The highest BCUT2D eigenvalue weighted by molar-refractivity contribution is 6.22. The van der Waals surface area contributed by atoms with Gasteiger partial charge < -0.3 is 10.4 Å². The summed E-state index contributed by atoms with van der Waals surface area (Å²) in [5.41, 5.74) is -0.313. The zero-order valence-electron chi connectivity index (χ0n) is 11.7. The first kappa shape index (κ1) is 14.2. The SMILES string of the molecule is O=C(CN1C(=O)c2ccccc2C1=O)NCC1(C(=O)O)CC1. The van der Waals surface area contributed by atoms with Crippen LogP contribution in [0.4, 0.5) is 0 Å². The fraction of sp³-hybridized carbons (Fsp3) is 0.333. The highest BCUT2D eigenvalue weighted by Crippen LogP contribution is 2.45. The maximum absolute atomic E-state index is 12.1. The molecule has 22 heavy (non-hydrogen) atoms. The summed E-state index contributed by atoms with van der Waals surface area (Å²) in [7, 11) is 0. The highest BCUT2D eigenvalue weighted by atomic mass is 16.4. The number of carbonyl (C=O) groups is 4. The third-order valence-electron chi connectivity index (χ3n) is 4.11. The summed E-state index contributed by atoms with van der Waals surface area (Å²) in [4.78, 5) is 48.0. The Balaban J connectivity index is 1.62. The molecule has 1 aromatic rings. The van der Waals surface area contributed by atoms with E-state index in [9.17, 15) is 19.2 Å². The fourth-order valence-corrected chi connectivity index (χ4v) is 2.47. The number of carboxylic acids is 1. The van der Waals surface area contributed by atoms with E-state index in [0.29, 0.717) is 12.8 Å². The van der Waals surface area contributed by atoms with Crippen LogP contribution in [0.3, 0.4) is 0 Å². The molecule has 7 heteroatoms. The molecule has 114 valence electrons. The third-order valence-corrected chi connectivity index (χ3v) is 4.11. The summed E-state index contributed by atoms with van der Waals surface area (Å²) < 4.78 is 0. The average Bonchev–Trinajstić information content (AvgIpc) is 3.26. The molecule has 1 fully saturated rings. The van der Waals surface area contributed by atoms with E-state index in [1.165, 1.54) is 12.1 Å². The minimum absolute atomic E-state index is 0.0182. The van der Waals surface area contributed by atoms with Crippen molar-refractivity contribution >= 4 is 23.7 Å². The zero-order chi connectivity index (χ0) is 15.9. The minimum Gasteiger partial charge on any atom is -0.481 e. The first-order valence-electron chi connectivity index (χ1n) is 6.90. The van der Waals surface area contributed by atoms with Gasteiger partial charge in [-0.25, -0.2) is 0 Å². The van der Waals surface area contributed by atoms with E-state index in [4.69, 9.17) is 5.11 Å². The molecule has 3 rings (SSSR count). The number of hydrogen-bond donors (Lipinski definition) is 2. The Labute approximate surface area is 125 Å². The lowest BCUT2D eigenvalue weighted by Crippen LogP contribution is -2.43. The fourth-order valence-electron chi connectivity index (χ4n) is 2.47. The lowest BCUT2D eigenvalue weighted by molar-refractivity contribution is -0.143. The van der Waals surface area contributed by atoms with Crippen molar-refractivity contribution in [1.29, 1.82) is 0 Å². The van der Waals surface area contributed by atoms with Crippen molar-refractivity contribution in [2.45, 2.75) is 12.8 Å². The topological polar surface area (TPSA) is 104 Å². The number of nitrogens with zero attached hydrogens (tertiary/aromatic N) is 1. The number of carboxylic acid groups (broad SMARTS) is 1. The van der Waals surface area contributed by atoms with Crippen LogP contribution >= 0.6 is 0 Å². The van der Waals surface area contributed by atoms with Gasteiger partial charge in [-0.15, -0.1) is 0 Å². The molecule has 0 spiro atoms. The standard InChI is InChI=1S/C15H14N2O5/c18-11(16-8-15(5-6-15)14(21)22)7-17-12(19)9-3-1-2-4-10(9)13(17)20/h1-4H,5-8H2,(H,16,18)(H,21,22). The van der Waals surface area contributed by atoms with Crippen LogP contribution in [0.2, 0.25) is 0 Å². The van der Waals surface area contributed by atoms with E-state index in [0.717, 1.165) is 4.90 Å². The number of fused-ring (bicyclic) bond motifs is 1. The molecule has 0 unspecified atom stereocenters. The van der Waals surface area contributed by atoms with Crippen LogP contribution in [0.15, 0.2) is 24.3 Å². The number of nitrogens with one attached hydrogen (secondary N) is 1. The van der Waals surface area contributed by atoms with E-state index >= 15 is 0 Å². The van der Waals surface area contributed by atoms with Crippen molar-refractivity contribution in [3.05, 3.63) is 35.4 Å². The van der Waals surface area contributed by atoms with E-state index in [1.807, 2.05) is 0 Å². The Morgan fingerprint density at radius 2 is 1.68 bits per heavy atom. The summed E-state index contributed by atoms with van der Waals surface area (Å²) in [6, 6.07) is 6.38. The van der Waals surface area contributed by atoms with Gasteiger partial charge in [0.2, 0.25) is 5.91 Å². The van der Waals surface area contributed by atoms with Gasteiger partial charge in [0.15, 0.2) is 0 Å². The van der Waals surface area contributed by atoms with Crippen LogP contribution in [-0.4, -0.2) is 46.8 Å². The van der Waals surface area contributed by atoms with Gasteiger partial charge >= 0.3 is 5.97 Å². The van der Waals surface area contributed by atoms with Crippen LogP contribution < -0.4 is 5.32 Å². The molecule has 1 heterocycles. The second-order valence-corrected chi connectivity index (χ2v) is 5.60. The van der Waals surface area contributed by atoms with Gasteiger partial charge in [0.05, 0.1) is 16.5 Å². The molecule has 7 nitrogen and oxygen atoms in total. The summed E-state index contributed by atoms with van der Waals surface area (Å²) >= 11 is 0. The Hall–Kier alpha value is -2.70. The van der Waals surface area contributed by atoms with Crippen molar-refractivity contribution < 1.29 is 24.3 Å². The number of amides is 3. The molecule has 0 atom stereocenters. The predicted molar refractivity (Wildman–Crippen MR) is 74.1 cm³/mol. The molecule has 0 radical (unpaired) electrons. The highest BCUT2D eigenvalue weighted by Gasteiger charge is 2.50. The van der Waals surface area contributed by atoms with Gasteiger partial charge in [0.25, 0.3) is 11.8 Å². The number of rotatable bonds is 5. The maximum atomic E-state index is 12.1. The second kappa shape index (κ2) is 4.94. The number of aliphatic carboxylic acids is 1. The van der Waals surface area contributed by atoms with Crippen molar-refractivity contribution in [1.82, 2.24) is 10.2 Å². The lowest BCUT2D eigenvalue weighted by Gasteiger charge is -2.15. The monoisotopic (exact) mass is 302 g/mol. The van der Waals surface area contributed by atoms with E-state index in [-0.39, 0.29) is 17.7 Å². The van der Waals surface area contributed by atoms with Gasteiger partial charge in [0.1, 0.15) is 6.54 Å². The largest absolute Gasteiger partial charge is 0.481 e. The quantitative estimate of drug-likeness (QED) is 0.759. The Kier molecular flexibility index (Phi) is 3.20. The zero-order valence-corrected chi connectivity index (χ0v) is 11.7.